The lowest BCUT2D eigenvalue weighted by molar-refractivity contribution is -0.137. The van der Waals surface area contributed by atoms with E-state index >= 15 is 0 Å². The van der Waals surface area contributed by atoms with Gasteiger partial charge in [-0.1, -0.05) is 54.1 Å². The van der Waals surface area contributed by atoms with Gasteiger partial charge in [-0.25, -0.2) is 8.78 Å². The first-order valence-electron chi connectivity index (χ1n) is 11.1. The number of benzene rings is 3. The molecule has 0 spiro atoms. The van der Waals surface area contributed by atoms with E-state index in [1.54, 1.807) is 31.2 Å². The number of halogens is 6. The van der Waals surface area contributed by atoms with Crippen LogP contribution >= 0.6 is 11.6 Å². The smallest absolute Gasteiger partial charge is 0.298 e. The number of pyridine rings is 1. The number of rotatable bonds is 7. The van der Waals surface area contributed by atoms with Gasteiger partial charge >= 0.3 is 6.18 Å². The molecule has 1 unspecified atom stereocenters. The van der Waals surface area contributed by atoms with Crippen molar-refractivity contribution in [3.05, 3.63) is 135 Å². The normalized spacial score (nSPS) is 13.4. The molecule has 0 fully saturated rings. The Morgan fingerprint density at radius 1 is 0.833 bits per heavy atom. The topological polar surface area (TPSA) is 24.9 Å². The molecule has 4 rings (SSSR count). The number of nitrogens with one attached hydrogen (secondary N) is 1. The molecule has 3 aromatic carbocycles. The van der Waals surface area contributed by atoms with Gasteiger partial charge < -0.3 is 0 Å². The Hall–Kier alpha value is -3.29. The number of aryl methyl sites for hydroxylation is 1. The predicted octanol–water partition coefficient (Wildman–Crippen LogP) is 7.62. The zero-order valence-corrected chi connectivity index (χ0v) is 20.0. The van der Waals surface area contributed by atoms with Gasteiger partial charge in [-0.05, 0) is 65.6 Å². The summed E-state index contributed by atoms with van der Waals surface area (Å²) in [5.41, 5.74) is -0.166. The maximum absolute atomic E-state index is 14.7. The maximum Gasteiger partial charge on any atom is 0.416 e. The van der Waals surface area contributed by atoms with E-state index in [0.29, 0.717) is 27.9 Å². The molecular weight excluding hydrogens is 495 g/mol. The van der Waals surface area contributed by atoms with Gasteiger partial charge in [0, 0.05) is 19.2 Å². The Bertz CT molecular complexity index is 1340. The first kappa shape index (κ1) is 25.8. The Morgan fingerprint density at radius 2 is 1.56 bits per heavy atom. The molecule has 0 saturated heterocycles. The van der Waals surface area contributed by atoms with Gasteiger partial charge in [-0.15, -0.1) is 0 Å². The molecule has 186 valence electrons. The van der Waals surface area contributed by atoms with Crippen LogP contribution in [0, 0.1) is 18.6 Å². The Balaban J connectivity index is 1.92. The van der Waals surface area contributed by atoms with Crippen LogP contribution < -0.4 is 5.32 Å². The summed E-state index contributed by atoms with van der Waals surface area (Å²) in [6.07, 6.45) is -3.20. The quantitative estimate of drug-likeness (QED) is 0.256. The molecule has 0 radical (unpaired) electrons. The Morgan fingerprint density at radius 3 is 2.19 bits per heavy atom. The minimum atomic E-state index is -4.75. The standard InChI is InChI=1S/C28H22ClF5N2/c1-18-11-20(7-9-25(18)31)16-36-27(15-19-5-3-2-4-6-19,26-10-8-23(29)17-35-26)21-12-22(28(32,33)34)14-24(30)13-21/h2-14,17,36H,15-16H2,1H3. The lowest BCUT2D eigenvalue weighted by Gasteiger charge is -2.36. The zero-order chi connectivity index (χ0) is 25.9. The third-order valence-electron chi connectivity index (χ3n) is 6.01. The fraction of sp³-hybridized carbons (Fsp3) is 0.179. The summed E-state index contributed by atoms with van der Waals surface area (Å²) in [5.74, 6) is -1.39. The van der Waals surface area contributed by atoms with E-state index in [2.05, 4.69) is 10.3 Å². The summed E-state index contributed by atoms with van der Waals surface area (Å²) in [4.78, 5) is 4.43. The van der Waals surface area contributed by atoms with Crippen LogP contribution in [0.2, 0.25) is 5.02 Å². The second kappa shape index (κ2) is 10.4. The molecule has 8 heteroatoms. The average molecular weight is 517 g/mol. The van der Waals surface area contributed by atoms with Crippen LogP contribution in [-0.2, 0) is 24.7 Å². The Labute approximate surface area is 210 Å². The highest BCUT2D eigenvalue weighted by molar-refractivity contribution is 6.30. The van der Waals surface area contributed by atoms with Crippen molar-refractivity contribution < 1.29 is 22.0 Å². The lowest BCUT2D eigenvalue weighted by Crippen LogP contribution is -2.46. The molecular formula is C28H22ClF5N2. The van der Waals surface area contributed by atoms with Crippen molar-refractivity contribution in [2.45, 2.75) is 31.6 Å². The molecule has 4 aromatic rings. The summed E-state index contributed by atoms with van der Waals surface area (Å²) >= 11 is 6.06. The third-order valence-corrected chi connectivity index (χ3v) is 6.23. The highest BCUT2D eigenvalue weighted by Crippen LogP contribution is 2.38. The molecule has 0 aliphatic carbocycles. The molecule has 0 aliphatic rings. The number of hydrogen-bond acceptors (Lipinski definition) is 2. The summed E-state index contributed by atoms with van der Waals surface area (Å²) in [5, 5.41) is 3.68. The third kappa shape index (κ3) is 5.74. The van der Waals surface area contributed by atoms with Crippen molar-refractivity contribution in [1.29, 1.82) is 0 Å². The minimum Gasteiger partial charge on any atom is -0.298 e. The van der Waals surface area contributed by atoms with Crippen molar-refractivity contribution in [1.82, 2.24) is 10.3 Å². The molecule has 36 heavy (non-hydrogen) atoms. The second-order valence-electron chi connectivity index (χ2n) is 8.59. The Kier molecular flexibility index (Phi) is 7.43. The highest BCUT2D eigenvalue weighted by Gasteiger charge is 2.39. The van der Waals surface area contributed by atoms with Crippen LogP contribution in [0.25, 0.3) is 0 Å². The summed E-state index contributed by atoms with van der Waals surface area (Å²) in [6, 6.07) is 19.3. The van der Waals surface area contributed by atoms with Crippen LogP contribution in [0.3, 0.4) is 0 Å². The van der Waals surface area contributed by atoms with Crippen molar-refractivity contribution >= 4 is 11.6 Å². The van der Waals surface area contributed by atoms with E-state index in [1.165, 1.54) is 12.3 Å². The summed E-state index contributed by atoms with van der Waals surface area (Å²) < 4.78 is 69.6. The van der Waals surface area contributed by atoms with E-state index in [0.717, 1.165) is 17.7 Å². The van der Waals surface area contributed by atoms with Gasteiger partial charge in [0.2, 0.25) is 0 Å². The van der Waals surface area contributed by atoms with Crippen molar-refractivity contribution in [2.24, 2.45) is 0 Å². The van der Waals surface area contributed by atoms with Gasteiger partial charge in [-0.2, -0.15) is 13.2 Å². The van der Waals surface area contributed by atoms with Crippen molar-refractivity contribution in [2.75, 3.05) is 0 Å². The fourth-order valence-electron chi connectivity index (χ4n) is 4.20. The summed E-state index contributed by atoms with van der Waals surface area (Å²) in [7, 11) is 0. The van der Waals surface area contributed by atoms with Crippen LogP contribution in [-0.4, -0.2) is 4.98 Å². The van der Waals surface area contributed by atoms with Gasteiger partial charge in [0.1, 0.15) is 11.6 Å². The SMILES string of the molecule is Cc1cc(CNC(Cc2ccccc2)(c2cc(F)cc(C(F)(F)F)c2)c2ccc(Cl)cn2)ccc1F. The van der Waals surface area contributed by atoms with E-state index in [1.807, 2.05) is 30.3 Å². The molecule has 2 nitrogen and oxygen atoms in total. The zero-order valence-electron chi connectivity index (χ0n) is 19.2. The summed E-state index contributed by atoms with van der Waals surface area (Å²) in [6.45, 7) is 1.77. The number of alkyl halides is 3. The number of nitrogens with zero attached hydrogens (tertiary/aromatic N) is 1. The van der Waals surface area contributed by atoms with Crippen LogP contribution in [0.1, 0.15) is 33.5 Å². The minimum absolute atomic E-state index is 0.0485. The van der Waals surface area contributed by atoms with Crippen LogP contribution in [0.15, 0.2) is 85.1 Å². The van der Waals surface area contributed by atoms with Gasteiger partial charge in [0.05, 0.1) is 21.8 Å². The van der Waals surface area contributed by atoms with Gasteiger partial charge in [0.25, 0.3) is 0 Å². The van der Waals surface area contributed by atoms with E-state index in [9.17, 15) is 22.0 Å². The molecule has 0 bridgehead atoms. The fourth-order valence-corrected chi connectivity index (χ4v) is 4.31. The van der Waals surface area contributed by atoms with Gasteiger partial charge in [0.15, 0.2) is 0 Å². The predicted molar refractivity (Wildman–Crippen MR) is 130 cm³/mol. The molecule has 0 amide bonds. The van der Waals surface area contributed by atoms with Crippen molar-refractivity contribution in [3.8, 4) is 0 Å². The number of aromatic nitrogens is 1. The van der Waals surface area contributed by atoms with Crippen molar-refractivity contribution in [3.63, 3.8) is 0 Å². The highest BCUT2D eigenvalue weighted by atomic mass is 35.5. The van der Waals surface area contributed by atoms with E-state index < -0.39 is 23.1 Å². The van der Waals surface area contributed by atoms with Crippen LogP contribution in [0.5, 0.6) is 0 Å². The van der Waals surface area contributed by atoms with Gasteiger partial charge in [-0.3, -0.25) is 10.3 Å². The molecule has 1 atom stereocenters. The molecule has 0 saturated carbocycles. The first-order valence-corrected chi connectivity index (χ1v) is 11.5. The second-order valence-corrected chi connectivity index (χ2v) is 9.03. The average Bonchev–Trinajstić information content (AvgIpc) is 2.84. The van der Waals surface area contributed by atoms with Crippen LogP contribution in [0.4, 0.5) is 22.0 Å². The van der Waals surface area contributed by atoms with E-state index in [-0.39, 0.29) is 24.3 Å². The maximum atomic E-state index is 14.7. The monoisotopic (exact) mass is 516 g/mol. The first-order chi connectivity index (χ1) is 17.1. The molecule has 1 aromatic heterocycles. The molecule has 1 N–H and O–H groups in total. The lowest BCUT2D eigenvalue weighted by atomic mass is 9.79. The van der Waals surface area contributed by atoms with E-state index in [4.69, 9.17) is 11.6 Å². The number of hydrogen-bond donors (Lipinski definition) is 1. The largest absolute Gasteiger partial charge is 0.416 e. The molecule has 1 heterocycles. The molecule has 0 aliphatic heterocycles.